The van der Waals surface area contributed by atoms with Crippen LogP contribution in [0.3, 0.4) is 0 Å². The fourth-order valence-corrected chi connectivity index (χ4v) is 13.4. The minimum Gasteiger partial charge on any atom is -0.491 e. The van der Waals surface area contributed by atoms with Crippen LogP contribution in [-0.4, -0.2) is 394 Å². The minimum atomic E-state index is 0.178. The third kappa shape index (κ3) is 43.1. The summed E-state index contributed by atoms with van der Waals surface area (Å²) in [6, 6.07) is 31.3. The number of aromatic amines is 2. The zero-order chi connectivity index (χ0) is 95.4. The first-order valence-electron chi connectivity index (χ1n) is 46.2. The van der Waals surface area contributed by atoms with E-state index in [1.807, 2.05) is 121 Å². The number of ether oxygens (including phenoxy) is 32. The van der Waals surface area contributed by atoms with Gasteiger partial charge in [-0.05, 0) is 119 Å². The monoisotopic (exact) mass is 1910 g/mol. The minimum absolute atomic E-state index is 0.178. The Hall–Kier alpha value is -9.08. The van der Waals surface area contributed by atoms with E-state index in [2.05, 4.69) is 9.97 Å². The summed E-state index contributed by atoms with van der Waals surface area (Å²) in [6.45, 7) is 16.6. The second kappa shape index (κ2) is 70.5. The number of hydrogen-bond donors (Lipinski definition) is 2. The molecule has 0 saturated heterocycles. The van der Waals surface area contributed by atoms with E-state index in [0.717, 1.165) is 0 Å². The Labute approximate surface area is 798 Å². The molecule has 8 bridgehead atoms. The van der Waals surface area contributed by atoms with Crippen LogP contribution in [0.15, 0.2) is 97.1 Å². The zero-order valence-electron chi connectivity index (χ0n) is 80.4. The highest BCUT2D eigenvalue weighted by Crippen LogP contribution is 2.44. The summed E-state index contributed by atoms with van der Waals surface area (Å²) in [7, 11) is 13.1. The molecular weight excluding hydrogens is 1770 g/mol. The average Bonchev–Trinajstić information content (AvgIpc) is 1.61. The van der Waals surface area contributed by atoms with E-state index in [1.54, 1.807) is 56.9 Å². The normalized spacial score (nSPS) is 11.8. The van der Waals surface area contributed by atoms with E-state index in [0.29, 0.717) is 347 Å². The molecule has 2 N–H and O–H groups in total. The molecule has 0 radical (unpaired) electrons. The average molecular weight is 1910 g/mol. The molecule has 0 spiro atoms. The summed E-state index contributed by atoms with van der Waals surface area (Å²) in [5.41, 5.74) is 10.1. The van der Waals surface area contributed by atoms with Gasteiger partial charge >= 0.3 is 0 Å². The van der Waals surface area contributed by atoms with E-state index in [4.69, 9.17) is 162 Å². The van der Waals surface area contributed by atoms with Crippen molar-refractivity contribution in [2.45, 2.75) is 0 Å². The summed E-state index contributed by atoms with van der Waals surface area (Å²) >= 11 is 0. The topological polar surface area (TPSA) is 353 Å². The van der Waals surface area contributed by atoms with Crippen LogP contribution in [-0.2, 0) is 114 Å². The van der Waals surface area contributed by atoms with Gasteiger partial charge in [-0.3, -0.25) is 0 Å². The van der Waals surface area contributed by atoms with Crippen LogP contribution in [0.5, 0.6) is 46.0 Å². The number of nitrogens with one attached hydrogen (secondary N) is 2. The lowest BCUT2D eigenvalue weighted by Crippen LogP contribution is -2.13. The standard InChI is InChI=1S/C100H142N4O32/c1-105-17-25-113-33-41-121-49-57-129-81-65-77(66-82(73-81)130-58-50-122-42-34-114-26-18-106-2)97-89-9-11-91(101-89)98(78-67-83(131-59-51-123-43-35-115-27-19-107-3)74-84(68-78)132-60-52-124-44-36-116-28-20-108-4)93-13-15-95(103-93)100(80-71-87(135-63-55-127-47-39-119-31-23-111-7)76-88(72-80)136-64-56-128-48-40-120-32-24-112-8)96-16-14-94(104-96)99(92-12-10-90(97)102-92)79-69-85(133-61-53-125-45-37-117-29-21-109-5)75-86(70-79)134-62-54-126-46-38-118-30-22-110-6/h9-16,65-76,101-102H,17-64H2,1-8H3. The molecule has 36 nitrogen and oxygen atoms in total. The first-order valence-corrected chi connectivity index (χ1v) is 46.2. The second-order valence-electron chi connectivity index (χ2n) is 29.8. The van der Waals surface area contributed by atoms with E-state index in [9.17, 15) is 0 Å². The van der Waals surface area contributed by atoms with E-state index in [1.165, 1.54) is 0 Å². The number of nitrogens with zero attached hydrogens (tertiary/aromatic N) is 2. The maximum absolute atomic E-state index is 6.67. The van der Waals surface area contributed by atoms with Crippen molar-refractivity contribution in [2.24, 2.45) is 0 Å². The van der Waals surface area contributed by atoms with Crippen molar-refractivity contribution in [2.75, 3.05) is 374 Å². The molecule has 0 fully saturated rings. The van der Waals surface area contributed by atoms with Gasteiger partial charge in [-0.25, -0.2) is 9.97 Å². The van der Waals surface area contributed by atoms with E-state index in [-0.39, 0.29) is 106 Å². The third-order valence-electron chi connectivity index (χ3n) is 19.8. The Kier molecular flexibility index (Phi) is 57.3. The lowest BCUT2D eigenvalue weighted by Gasteiger charge is -2.15. The first kappa shape index (κ1) is 111. The predicted octanol–water partition coefficient (Wildman–Crippen LogP) is 11.8. The predicted molar refractivity (Wildman–Crippen MR) is 513 cm³/mol. The molecule has 754 valence electrons. The highest BCUT2D eigenvalue weighted by atomic mass is 16.6. The van der Waals surface area contributed by atoms with Crippen molar-refractivity contribution < 1.29 is 152 Å². The quantitative estimate of drug-likeness (QED) is 0.0334. The van der Waals surface area contributed by atoms with Gasteiger partial charge in [-0.1, -0.05) is 0 Å². The van der Waals surface area contributed by atoms with Crippen molar-refractivity contribution in [1.82, 2.24) is 19.9 Å². The molecular formula is C100H142N4O32. The van der Waals surface area contributed by atoms with Gasteiger partial charge < -0.3 is 162 Å². The summed E-state index contributed by atoms with van der Waals surface area (Å²) in [4.78, 5) is 19.5. The molecule has 3 aromatic heterocycles. The molecule has 36 heteroatoms. The number of rotatable bonds is 84. The first-order chi connectivity index (χ1) is 67.3. The fraction of sp³-hybridized carbons (Fsp3) is 0.560. The Morgan fingerprint density at radius 2 is 0.301 bits per heavy atom. The number of methoxy groups -OCH3 is 8. The number of H-pyrrole nitrogens is 2. The van der Waals surface area contributed by atoms with Gasteiger partial charge in [-0.15, -0.1) is 0 Å². The van der Waals surface area contributed by atoms with Crippen LogP contribution in [0.4, 0.5) is 0 Å². The molecule has 5 heterocycles. The van der Waals surface area contributed by atoms with Gasteiger partial charge in [0.1, 0.15) is 98.9 Å². The molecule has 4 aromatic carbocycles. The molecule has 0 atom stereocenters. The molecule has 136 heavy (non-hydrogen) atoms. The summed E-state index contributed by atoms with van der Waals surface area (Å²) in [5.74, 6) is 3.88. The van der Waals surface area contributed by atoms with E-state index >= 15 is 0 Å². The van der Waals surface area contributed by atoms with Crippen LogP contribution < -0.4 is 37.9 Å². The van der Waals surface area contributed by atoms with Crippen LogP contribution in [0.1, 0.15) is 22.8 Å². The SMILES string of the molecule is COCCOCCOCCOc1cc(OCCOCCOCCOC)cc(-c2c3nc(c(-c4cc(OCCOCCOCCOC)cc(OCCOCCOCCOC)c4)c4ccc([nH]4)c(-c4cc(OCCOCCOCCOC)cc(OCCOCCOCCOC)c4)c4ccc([nH]4)c(-c4cc(OCCOCCOCCOC)cc(OCCOCCOCCOC)c4)c4nc2C=C4)C=C3)c1. The smallest absolute Gasteiger partial charge is 0.123 e. The van der Waals surface area contributed by atoms with Crippen molar-refractivity contribution >= 4 is 46.4 Å². The molecule has 9 rings (SSSR count). The lowest BCUT2D eigenvalue weighted by molar-refractivity contribution is 0.0174. The van der Waals surface area contributed by atoms with Crippen molar-refractivity contribution in [3.63, 3.8) is 0 Å². The third-order valence-corrected chi connectivity index (χ3v) is 19.8. The maximum Gasteiger partial charge on any atom is 0.123 e. The molecule has 0 aliphatic carbocycles. The fourth-order valence-electron chi connectivity index (χ4n) is 13.4. The Morgan fingerprint density at radius 3 is 0.478 bits per heavy atom. The second-order valence-corrected chi connectivity index (χ2v) is 29.8. The van der Waals surface area contributed by atoms with Crippen LogP contribution in [0.25, 0.3) is 90.9 Å². The number of hydrogen-bond acceptors (Lipinski definition) is 34. The van der Waals surface area contributed by atoms with Crippen LogP contribution in [0, 0.1) is 0 Å². The molecule has 0 unspecified atom stereocenters. The van der Waals surface area contributed by atoms with Gasteiger partial charge in [0.15, 0.2) is 0 Å². The maximum atomic E-state index is 6.67. The zero-order valence-corrected chi connectivity index (χ0v) is 80.4. The molecule has 2 aliphatic heterocycles. The van der Waals surface area contributed by atoms with Gasteiger partial charge in [0.25, 0.3) is 0 Å². The van der Waals surface area contributed by atoms with Gasteiger partial charge in [0.05, 0.1) is 287 Å². The van der Waals surface area contributed by atoms with Crippen LogP contribution in [0.2, 0.25) is 0 Å². The molecule has 7 aromatic rings. The van der Waals surface area contributed by atoms with Gasteiger partial charge in [-0.2, -0.15) is 0 Å². The highest BCUT2D eigenvalue weighted by molar-refractivity contribution is 6.01. The molecule has 0 amide bonds. The van der Waals surface area contributed by atoms with Crippen molar-refractivity contribution in [3.05, 3.63) is 120 Å². The number of aromatic nitrogens is 4. The molecule has 0 saturated carbocycles. The Balaban J connectivity index is 1.31. The Bertz CT molecular complexity index is 4260. The number of benzene rings is 4. The van der Waals surface area contributed by atoms with E-state index < -0.39 is 0 Å². The van der Waals surface area contributed by atoms with Crippen molar-refractivity contribution in [1.29, 1.82) is 0 Å². The van der Waals surface area contributed by atoms with Crippen molar-refractivity contribution in [3.8, 4) is 90.5 Å². The van der Waals surface area contributed by atoms with Gasteiger partial charge in [0.2, 0.25) is 0 Å². The highest BCUT2D eigenvalue weighted by Gasteiger charge is 2.24. The van der Waals surface area contributed by atoms with Crippen LogP contribution >= 0.6 is 0 Å². The number of fused-ring (bicyclic) bond motifs is 8. The van der Waals surface area contributed by atoms with Gasteiger partial charge in [0, 0.05) is 125 Å². The largest absolute Gasteiger partial charge is 0.491 e. The molecule has 2 aliphatic rings. The summed E-state index contributed by atoms with van der Waals surface area (Å²) < 4.78 is 189. The Morgan fingerprint density at radius 1 is 0.162 bits per heavy atom. The lowest BCUT2D eigenvalue weighted by atomic mass is 10.0. The summed E-state index contributed by atoms with van der Waals surface area (Å²) in [6.07, 6.45) is 7.96. The summed E-state index contributed by atoms with van der Waals surface area (Å²) in [5, 5.41) is 0.